The third kappa shape index (κ3) is 4.58. The molecule has 1 N–H and O–H groups in total. The van der Waals surface area contributed by atoms with Crippen LogP contribution in [0.2, 0.25) is 5.02 Å². The fourth-order valence-corrected chi connectivity index (χ4v) is 2.47. The Bertz CT molecular complexity index is 512. The molecule has 1 amide bonds. The maximum Gasteiger partial charge on any atom is 0.260 e. The summed E-state index contributed by atoms with van der Waals surface area (Å²) in [7, 11) is 0. The molecule has 1 heterocycles. The first-order valence-electron chi connectivity index (χ1n) is 6.99. The molecule has 2 rings (SSSR count). The van der Waals surface area contributed by atoms with E-state index < -0.39 is 11.9 Å². The zero-order chi connectivity index (χ0) is 15.4. The second-order valence-electron chi connectivity index (χ2n) is 5.25. The molecule has 1 aliphatic rings. The van der Waals surface area contributed by atoms with E-state index in [1.165, 1.54) is 12.1 Å². The highest BCUT2D eigenvalue weighted by Crippen LogP contribution is 2.26. The monoisotopic (exact) mass is 315 g/mol. The van der Waals surface area contributed by atoms with Crippen molar-refractivity contribution in [2.45, 2.75) is 44.9 Å². The fraction of sp³-hybridized carbons (Fsp3) is 0.533. The Morgan fingerprint density at radius 2 is 2.33 bits per heavy atom. The molecule has 116 valence electrons. The van der Waals surface area contributed by atoms with E-state index in [0.29, 0.717) is 12.4 Å². The van der Waals surface area contributed by atoms with Crippen LogP contribution >= 0.6 is 11.6 Å². The van der Waals surface area contributed by atoms with Gasteiger partial charge < -0.3 is 14.8 Å². The summed E-state index contributed by atoms with van der Waals surface area (Å²) >= 11 is 5.88. The van der Waals surface area contributed by atoms with Gasteiger partial charge in [-0.15, -0.1) is 0 Å². The highest BCUT2D eigenvalue weighted by molar-refractivity contribution is 6.32. The number of ether oxygens (including phenoxy) is 2. The first-order chi connectivity index (χ1) is 9.95. The summed E-state index contributed by atoms with van der Waals surface area (Å²) in [5, 5.41) is 3.09. The summed E-state index contributed by atoms with van der Waals surface area (Å²) in [6.45, 7) is 4.26. The number of amides is 1. The number of carbonyl (C=O) groups excluding carboxylic acids is 1. The Morgan fingerprint density at radius 3 is 3.00 bits per heavy atom. The van der Waals surface area contributed by atoms with E-state index in [4.69, 9.17) is 21.1 Å². The van der Waals surface area contributed by atoms with Crippen LogP contribution in [0.5, 0.6) is 5.75 Å². The van der Waals surface area contributed by atoms with Crippen molar-refractivity contribution in [2.75, 3.05) is 6.61 Å². The Labute approximate surface area is 128 Å². The molecule has 3 atom stereocenters. The zero-order valence-electron chi connectivity index (χ0n) is 12.1. The van der Waals surface area contributed by atoms with Gasteiger partial charge in [-0.25, -0.2) is 4.39 Å². The quantitative estimate of drug-likeness (QED) is 0.929. The van der Waals surface area contributed by atoms with E-state index >= 15 is 0 Å². The van der Waals surface area contributed by atoms with Crippen LogP contribution in [0.3, 0.4) is 0 Å². The van der Waals surface area contributed by atoms with Gasteiger partial charge in [0.05, 0.1) is 11.1 Å². The molecule has 1 fully saturated rings. The second kappa shape index (κ2) is 7.09. The topological polar surface area (TPSA) is 47.6 Å². The number of hydrogen-bond donors (Lipinski definition) is 1. The maximum absolute atomic E-state index is 13.0. The smallest absolute Gasteiger partial charge is 0.260 e. The molecular weight excluding hydrogens is 297 g/mol. The molecular formula is C15H19ClFNO3. The van der Waals surface area contributed by atoms with E-state index in [1.807, 2.05) is 6.92 Å². The summed E-state index contributed by atoms with van der Waals surface area (Å²) < 4.78 is 23.9. The van der Waals surface area contributed by atoms with Crippen LogP contribution in [0.25, 0.3) is 0 Å². The van der Waals surface area contributed by atoms with Crippen molar-refractivity contribution in [1.82, 2.24) is 5.32 Å². The van der Waals surface area contributed by atoms with Crippen molar-refractivity contribution in [3.8, 4) is 5.75 Å². The van der Waals surface area contributed by atoms with E-state index in [0.717, 1.165) is 18.9 Å². The number of nitrogens with one attached hydrogen (secondary N) is 1. The lowest BCUT2D eigenvalue weighted by molar-refractivity contribution is -0.128. The Hall–Kier alpha value is -1.33. The highest BCUT2D eigenvalue weighted by Gasteiger charge is 2.24. The Morgan fingerprint density at radius 1 is 1.57 bits per heavy atom. The van der Waals surface area contributed by atoms with Crippen LogP contribution in [0.4, 0.5) is 4.39 Å². The average Bonchev–Trinajstić information content (AvgIpc) is 2.41. The van der Waals surface area contributed by atoms with Gasteiger partial charge >= 0.3 is 0 Å². The molecule has 0 saturated carbocycles. The number of hydrogen-bond acceptors (Lipinski definition) is 3. The average molecular weight is 316 g/mol. The van der Waals surface area contributed by atoms with Crippen molar-refractivity contribution in [3.05, 3.63) is 29.0 Å². The van der Waals surface area contributed by atoms with Crippen LogP contribution in [0.1, 0.15) is 26.7 Å². The number of rotatable bonds is 4. The molecule has 1 saturated heterocycles. The lowest BCUT2D eigenvalue weighted by Gasteiger charge is -2.29. The Kier molecular flexibility index (Phi) is 5.42. The van der Waals surface area contributed by atoms with Gasteiger partial charge in [0.1, 0.15) is 11.6 Å². The van der Waals surface area contributed by atoms with Gasteiger partial charge in [-0.3, -0.25) is 4.79 Å². The standard InChI is InChI=1S/C15H19ClFNO3/c1-9-7-12(5-6-20-9)18-15(19)10(2)21-14-4-3-11(17)8-13(14)16/h3-4,8-10,12H,5-7H2,1-2H3,(H,18,19)/t9-,10-,12+/m1/s1. The van der Waals surface area contributed by atoms with Crippen LogP contribution in [0, 0.1) is 5.82 Å². The molecule has 1 aromatic rings. The second-order valence-corrected chi connectivity index (χ2v) is 5.65. The highest BCUT2D eigenvalue weighted by atomic mass is 35.5. The van der Waals surface area contributed by atoms with Crippen molar-refractivity contribution < 1.29 is 18.7 Å². The van der Waals surface area contributed by atoms with E-state index in [-0.39, 0.29) is 23.1 Å². The molecule has 6 heteroatoms. The van der Waals surface area contributed by atoms with Gasteiger partial charge in [-0.05, 0) is 44.9 Å². The summed E-state index contributed by atoms with van der Waals surface area (Å²) in [5.41, 5.74) is 0. The first-order valence-corrected chi connectivity index (χ1v) is 7.37. The number of halogens is 2. The van der Waals surface area contributed by atoms with Crippen LogP contribution in [0.15, 0.2) is 18.2 Å². The van der Waals surface area contributed by atoms with E-state index in [9.17, 15) is 9.18 Å². The van der Waals surface area contributed by atoms with Crippen LogP contribution in [-0.2, 0) is 9.53 Å². The van der Waals surface area contributed by atoms with Crippen molar-refractivity contribution in [2.24, 2.45) is 0 Å². The van der Waals surface area contributed by atoms with Gasteiger partial charge in [-0.1, -0.05) is 11.6 Å². The molecule has 0 unspecified atom stereocenters. The minimum Gasteiger partial charge on any atom is -0.479 e. The fourth-order valence-electron chi connectivity index (χ4n) is 2.26. The largest absolute Gasteiger partial charge is 0.479 e. The van der Waals surface area contributed by atoms with Gasteiger partial charge in [0.2, 0.25) is 0 Å². The molecule has 0 radical (unpaired) electrons. The first kappa shape index (κ1) is 16.0. The maximum atomic E-state index is 13.0. The summed E-state index contributed by atoms with van der Waals surface area (Å²) in [6, 6.07) is 3.90. The molecule has 1 aromatic carbocycles. The van der Waals surface area contributed by atoms with Gasteiger partial charge in [-0.2, -0.15) is 0 Å². The third-order valence-electron chi connectivity index (χ3n) is 3.40. The third-order valence-corrected chi connectivity index (χ3v) is 3.69. The normalized spacial score (nSPS) is 23.4. The van der Waals surface area contributed by atoms with Gasteiger partial charge in [0, 0.05) is 12.6 Å². The number of benzene rings is 1. The summed E-state index contributed by atoms with van der Waals surface area (Å²) in [6.07, 6.45) is 1.02. The predicted molar refractivity (Wildman–Crippen MR) is 78.1 cm³/mol. The molecule has 1 aliphatic heterocycles. The van der Waals surface area contributed by atoms with Gasteiger partial charge in [0.15, 0.2) is 6.10 Å². The SMILES string of the molecule is C[C@@H]1C[C@@H](NC(=O)[C@@H](C)Oc2ccc(F)cc2Cl)CCO1. The van der Waals surface area contributed by atoms with Gasteiger partial charge in [0.25, 0.3) is 5.91 Å². The molecule has 0 spiro atoms. The minimum absolute atomic E-state index is 0.0935. The Balaban J connectivity index is 1.90. The van der Waals surface area contributed by atoms with Crippen LogP contribution < -0.4 is 10.1 Å². The summed E-state index contributed by atoms with van der Waals surface area (Å²) in [4.78, 5) is 12.1. The van der Waals surface area contributed by atoms with Crippen molar-refractivity contribution in [3.63, 3.8) is 0 Å². The summed E-state index contributed by atoms with van der Waals surface area (Å²) in [5.74, 6) is -0.365. The molecule has 0 bridgehead atoms. The molecule has 4 nitrogen and oxygen atoms in total. The van der Waals surface area contributed by atoms with Crippen molar-refractivity contribution >= 4 is 17.5 Å². The predicted octanol–water partition coefficient (Wildman–Crippen LogP) is 2.93. The molecule has 0 aliphatic carbocycles. The zero-order valence-corrected chi connectivity index (χ0v) is 12.8. The molecule has 0 aromatic heterocycles. The van der Waals surface area contributed by atoms with Crippen LogP contribution in [-0.4, -0.2) is 30.8 Å². The lowest BCUT2D eigenvalue weighted by Crippen LogP contribution is -2.46. The minimum atomic E-state index is -0.703. The molecule has 21 heavy (non-hydrogen) atoms. The number of carbonyl (C=O) groups is 1. The van der Waals surface area contributed by atoms with Crippen molar-refractivity contribution in [1.29, 1.82) is 0 Å². The van der Waals surface area contributed by atoms with E-state index in [2.05, 4.69) is 5.32 Å². The van der Waals surface area contributed by atoms with E-state index in [1.54, 1.807) is 6.92 Å². The lowest BCUT2D eigenvalue weighted by atomic mass is 10.0.